The molecule has 0 spiro atoms. The Labute approximate surface area is 135 Å². The lowest BCUT2D eigenvalue weighted by atomic mass is 10.1. The maximum atomic E-state index is 10.8. The standard InChI is InChI=1S/C14H14N6O2S/c15-11(14(21)22)4-8-2-1-3-9(19-8)6-23-13-10-5-18-20-12(10)16-7-17-13/h1-3,5,7,11H,4,6,15H2,(H,21,22)(H,16,17,18,20)/t11-/m0/s1. The van der Waals surface area contributed by atoms with Crippen LogP contribution in [0.1, 0.15) is 11.4 Å². The van der Waals surface area contributed by atoms with E-state index in [0.717, 1.165) is 16.1 Å². The first-order valence-electron chi connectivity index (χ1n) is 6.83. The molecule has 0 aliphatic rings. The van der Waals surface area contributed by atoms with E-state index >= 15 is 0 Å². The second kappa shape index (κ2) is 6.71. The molecule has 23 heavy (non-hydrogen) atoms. The van der Waals surface area contributed by atoms with Crippen LogP contribution in [0.5, 0.6) is 0 Å². The lowest BCUT2D eigenvalue weighted by Crippen LogP contribution is -2.32. The average Bonchev–Trinajstić information content (AvgIpc) is 3.02. The third-order valence-electron chi connectivity index (χ3n) is 3.18. The van der Waals surface area contributed by atoms with Crippen molar-refractivity contribution in [3.05, 3.63) is 42.1 Å². The first-order valence-corrected chi connectivity index (χ1v) is 7.82. The van der Waals surface area contributed by atoms with E-state index < -0.39 is 12.0 Å². The van der Waals surface area contributed by atoms with Crippen LogP contribution in [0.4, 0.5) is 0 Å². The number of aromatic amines is 1. The lowest BCUT2D eigenvalue weighted by Gasteiger charge is -2.07. The van der Waals surface area contributed by atoms with E-state index in [2.05, 4.69) is 25.1 Å². The summed E-state index contributed by atoms with van der Waals surface area (Å²) in [5.41, 5.74) is 7.73. The molecule has 0 unspecified atom stereocenters. The number of nitrogens with zero attached hydrogens (tertiary/aromatic N) is 4. The monoisotopic (exact) mass is 330 g/mol. The molecule has 3 rings (SSSR count). The van der Waals surface area contributed by atoms with Crippen molar-refractivity contribution < 1.29 is 9.90 Å². The molecule has 0 saturated heterocycles. The molecule has 8 nitrogen and oxygen atoms in total. The molecule has 3 aromatic rings. The summed E-state index contributed by atoms with van der Waals surface area (Å²) >= 11 is 1.52. The number of carbonyl (C=O) groups is 1. The number of pyridine rings is 1. The minimum atomic E-state index is -1.03. The summed E-state index contributed by atoms with van der Waals surface area (Å²) in [4.78, 5) is 23.6. The topological polar surface area (TPSA) is 131 Å². The highest BCUT2D eigenvalue weighted by Crippen LogP contribution is 2.25. The molecule has 0 amide bonds. The van der Waals surface area contributed by atoms with Crippen molar-refractivity contribution in [1.29, 1.82) is 0 Å². The number of nitrogens with two attached hydrogens (primary N) is 1. The van der Waals surface area contributed by atoms with Gasteiger partial charge in [0.2, 0.25) is 0 Å². The van der Waals surface area contributed by atoms with Gasteiger partial charge in [0.25, 0.3) is 0 Å². The maximum absolute atomic E-state index is 10.8. The number of hydrogen-bond acceptors (Lipinski definition) is 7. The third kappa shape index (κ3) is 3.63. The normalized spacial score (nSPS) is 12.4. The fourth-order valence-corrected chi connectivity index (χ4v) is 2.91. The van der Waals surface area contributed by atoms with Crippen LogP contribution in [0.3, 0.4) is 0 Å². The molecule has 118 valence electrons. The van der Waals surface area contributed by atoms with Gasteiger partial charge in [-0.1, -0.05) is 17.8 Å². The number of nitrogens with one attached hydrogen (secondary N) is 1. The van der Waals surface area contributed by atoms with Gasteiger partial charge in [0.05, 0.1) is 17.3 Å². The number of aliphatic carboxylic acids is 1. The van der Waals surface area contributed by atoms with Gasteiger partial charge >= 0.3 is 5.97 Å². The van der Waals surface area contributed by atoms with Crippen LogP contribution in [0, 0.1) is 0 Å². The summed E-state index contributed by atoms with van der Waals surface area (Å²) in [6, 6.07) is 4.56. The minimum absolute atomic E-state index is 0.202. The highest BCUT2D eigenvalue weighted by Gasteiger charge is 2.13. The molecule has 4 N–H and O–H groups in total. The van der Waals surface area contributed by atoms with E-state index in [-0.39, 0.29) is 6.42 Å². The molecule has 0 fully saturated rings. The summed E-state index contributed by atoms with van der Waals surface area (Å²) in [5, 5.41) is 17.3. The zero-order valence-electron chi connectivity index (χ0n) is 12.0. The minimum Gasteiger partial charge on any atom is -0.480 e. The quantitative estimate of drug-likeness (QED) is 0.450. The van der Waals surface area contributed by atoms with Crippen LogP contribution in [-0.4, -0.2) is 42.3 Å². The Hall–Kier alpha value is -2.52. The van der Waals surface area contributed by atoms with Gasteiger partial charge in [0.1, 0.15) is 17.4 Å². The Balaban J connectivity index is 1.71. The molecule has 1 atom stereocenters. The Kier molecular flexibility index (Phi) is 4.49. The number of H-pyrrole nitrogens is 1. The van der Waals surface area contributed by atoms with Gasteiger partial charge in [-0.3, -0.25) is 14.9 Å². The molecular weight excluding hydrogens is 316 g/mol. The molecule has 0 aliphatic carbocycles. The molecule has 3 aromatic heterocycles. The fraction of sp³-hybridized carbons (Fsp3) is 0.214. The van der Waals surface area contributed by atoms with E-state index in [4.69, 9.17) is 10.8 Å². The number of aromatic nitrogens is 5. The van der Waals surface area contributed by atoms with E-state index in [1.807, 2.05) is 12.1 Å². The number of hydrogen-bond donors (Lipinski definition) is 3. The number of fused-ring (bicyclic) bond motifs is 1. The Bertz CT molecular complexity index is 837. The van der Waals surface area contributed by atoms with Crippen LogP contribution in [0.2, 0.25) is 0 Å². The van der Waals surface area contributed by atoms with Crippen molar-refractivity contribution in [2.45, 2.75) is 23.2 Å². The SMILES string of the molecule is N[C@@H](Cc1cccc(CSc2ncnc3[nH]ncc23)n1)C(=O)O. The van der Waals surface area contributed by atoms with Gasteiger partial charge in [-0.05, 0) is 12.1 Å². The summed E-state index contributed by atoms with van der Waals surface area (Å²) < 4.78 is 0. The molecule has 0 aromatic carbocycles. The Morgan fingerprint density at radius 2 is 2.17 bits per heavy atom. The first kappa shape index (κ1) is 15.4. The highest BCUT2D eigenvalue weighted by molar-refractivity contribution is 7.98. The van der Waals surface area contributed by atoms with Gasteiger partial charge < -0.3 is 10.8 Å². The zero-order valence-corrected chi connectivity index (χ0v) is 12.8. The van der Waals surface area contributed by atoms with Crippen molar-refractivity contribution in [2.75, 3.05) is 0 Å². The first-order chi connectivity index (χ1) is 11.1. The van der Waals surface area contributed by atoms with Crippen molar-refractivity contribution in [1.82, 2.24) is 25.1 Å². The second-order valence-electron chi connectivity index (χ2n) is 4.87. The molecule has 3 heterocycles. The van der Waals surface area contributed by atoms with E-state index in [0.29, 0.717) is 17.1 Å². The van der Waals surface area contributed by atoms with Gasteiger partial charge in [-0.2, -0.15) is 5.10 Å². The zero-order chi connectivity index (χ0) is 16.2. The van der Waals surface area contributed by atoms with Gasteiger partial charge in [0.15, 0.2) is 5.65 Å². The molecule has 9 heteroatoms. The second-order valence-corrected chi connectivity index (χ2v) is 5.83. The molecule has 0 saturated carbocycles. The number of rotatable bonds is 6. The van der Waals surface area contributed by atoms with Crippen LogP contribution in [0.15, 0.2) is 35.7 Å². The van der Waals surface area contributed by atoms with Crippen molar-refractivity contribution in [2.24, 2.45) is 5.73 Å². The third-order valence-corrected chi connectivity index (χ3v) is 4.22. The van der Waals surface area contributed by atoms with Gasteiger partial charge in [-0.25, -0.2) is 9.97 Å². The average molecular weight is 330 g/mol. The van der Waals surface area contributed by atoms with Crippen LogP contribution >= 0.6 is 11.8 Å². The Morgan fingerprint density at radius 3 is 3.00 bits per heavy atom. The summed E-state index contributed by atoms with van der Waals surface area (Å²) in [7, 11) is 0. The summed E-state index contributed by atoms with van der Waals surface area (Å²) in [6.45, 7) is 0. The molecule has 0 bridgehead atoms. The van der Waals surface area contributed by atoms with Crippen LogP contribution < -0.4 is 5.73 Å². The number of carboxylic acids is 1. The highest BCUT2D eigenvalue weighted by atomic mass is 32.2. The predicted octanol–water partition coefficient (Wildman–Crippen LogP) is 0.995. The van der Waals surface area contributed by atoms with Crippen molar-refractivity contribution >= 4 is 28.8 Å². The van der Waals surface area contributed by atoms with Gasteiger partial charge in [-0.15, -0.1) is 0 Å². The lowest BCUT2D eigenvalue weighted by molar-refractivity contribution is -0.138. The number of thioether (sulfide) groups is 1. The maximum Gasteiger partial charge on any atom is 0.320 e. The molecule has 0 aliphatic heterocycles. The smallest absolute Gasteiger partial charge is 0.320 e. The predicted molar refractivity (Wildman–Crippen MR) is 84.8 cm³/mol. The van der Waals surface area contributed by atoms with Crippen molar-refractivity contribution in [3.63, 3.8) is 0 Å². The summed E-state index contributed by atoms with van der Waals surface area (Å²) in [5.74, 6) is -0.428. The molecular formula is C14H14N6O2S. The Morgan fingerprint density at radius 1 is 1.35 bits per heavy atom. The molecule has 0 radical (unpaired) electrons. The van der Waals surface area contributed by atoms with E-state index in [1.165, 1.54) is 18.1 Å². The van der Waals surface area contributed by atoms with Gasteiger partial charge in [0, 0.05) is 17.9 Å². The largest absolute Gasteiger partial charge is 0.480 e. The van der Waals surface area contributed by atoms with Crippen LogP contribution in [-0.2, 0) is 17.0 Å². The van der Waals surface area contributed by atoms with Crippen LogP contribution in [0.25, 0.3) is 11.0 Å². The van der Waals surface area contributed by atoms with E-state index in [9.17, 15) is 4.79 Å². The van der Waals surface area contributed by atoms with E-state index in [1.54, 1.807) is 12.3 Å². The summed E-state index contributed by atoms with van der Waals surface area (Å²) in [6.07, 6.45) is 3.37. The van der Waals surface area contributed by atoms with Crippen molar-refractivity contribution in [3.8, 4) is 0 Å². The fourth-order valence-electron chi connectivity index (χ4n) is 2.04. The number of carboxylic acid groups (broad SMARTS) is 1.